The summed E-state index contributed by atoms with van der Waals surface area (Å²) in [5, 5.41) is 8.71. The van der Waals surface area contributed by atoms with Gasteiger partial charge in [-0.25, -0.2) is 9.78 Å². The molecule has 0 spiro atoms. The highest BCUT2D eigenvalue weighted by molar-refractivity contribution is 8.13. The number of pyridine rings is 1. The number of aromatic nitrogens is 1. The van der Waals surface area contributed by atoms with Gasteiger partial charge in [-0.1, -0.05) is 23.6 Å². The molecule has 1 rings (SSSR count). The second-order valence-electron chi connectivity index (χ2n) is 3.26. The van der Waals surface area contributed by atoms with Crippen molar-refractivity contribution in [2.45, 2.75) is 13.3 Å². The molecule has 1 heterocycles. The lowest BCUT2D eigenvalue weighted by Gasteiger charge is -1.96. The maximum Gasteiger partial charge on any atom is 0.340 e. The molecule has 0 radical (unpaired) electrons. The van der Waals surface area contributed by atoms with Crippen molar-refractivity contribution in [1.29, 1.82) is 0 Å². The first-order valence-electron chi connectivity index (χ1n) is 5.02. The Balaban J connectivity index is 2.68. The maximum atomic E-state index is 13.0. The van der Waals surface area contributed by atoms with Crippen LogP contribution in [0.5, 0.6) is 0 Å². The first-order chi connectivity index (χ1) is 8.50. The fourth-order valence-corrected chi connectivity index (χ4v) is 1.57. The third-order valence-corrected chi connectivity index (χ3v) is 2.65. The molecule has 0 saturated heterocycles. The molecule has 0 saturated carbocycles. The molecule has 0 aliphatic rings. The van der Waals surface area contributed by atoms with Gasteiger partial charge in [-0.05, 0) is 6.07 Å². The molecule has 0 amide bonds. The van der Waals surface area contributed by atoms with Crippen molar-refractivity contribution in [3.8, 4) is 11.8 Å². The Morgan fingerprint density at radius 1 is 1.56 bits per heavy atom. The van der Waals surface area contributed by atoms with Crippen LogP contribution in [0.4, 0.5) is 4.39 Å². The van der Waals surface area contributed by atoms with Crippen LogP contribution < -0.4 is 0 Å². The van der Waals surface area contributed by atoms with E-state index in [0.717, 1.165) is 6.07 Å². The summed E-state index contributed by atoms with van der Waals surface area (Å²) in [6.07, 6.45) is 1.66. The van der Waals surface area contributed by atoms with Gasteiger partial charge >= 0.3 is 5.97 Å². The molecule has 1 N–H and O–H groups in total. The Kier molecular flexibility index (Phi) is 5.33. The van der Waals surface area contributed by atoms with Crippen molar-refractivity contribution in [2.24, 2.45) is 0 Å². The van der Waals surface area contributed by atoms with Gasteiger partial charge in [0.1, 0.15) is 5.56 Å². The van der Waals surface area contributed by atoms with E-state index in [9.17, 15) is 14.0 Å². The van der Waals surface area contributed by atoms with E-state index in [1.165, 1.54) is 24.9 Å². The highest BCUT2D eigenvalue weighted by Crippen LogP contribution is 2.07. The van der Waals surface area contributed by atoms with Crippen LogP contribution in [-0.4, -0.2) is 26.9 Å². The minimum absolute atomic E-state index is 0.0217. The van der Waals surface area contributed by atoms with Crippen molar-refractivity contribution in [3.05, 3.63) is 29.3 Å². The van der Waals surface area contributed by atoms with E-state index in [1.807, 2.05) is 0 Å². The maximum absolute atomic E-state index is 13.0. The van der Waals surface area contributed by atoms with Gasteiger partial charge in [0, 0.05) is 30.9 Å². The fourth-order valence-electron chi connectivity index (χ4n) is 1.08. The summed E-state index contributed by atoms with van der Waals surface area (Å²) in [5.74, 6) is 3.60. The Bertz CT molecular complexity index is 534. The molecule has 0 unspecified atom stereocenters. The molecule has 1 aromatic rings. The van der Waals surface area contributed by atoms with E-state index in [4.69, 9.17) is 5.11 Å². The molecule has 0 fully saturated rings. The topological polar surface area (TPSA) is 67.3 Å². The van der Waals surface area contributed by atoms with Crippen molar-refractivity contribution in [2.75, 3.05) is 5.75 Å². The third-order valence-electron chi connectivity index (χ3n) is 1.83. The summed E-state index contributed by atoms with van der Waals surface area (Å²) >= 11 is 1.17. The van der Waals surface area contributed by atoms with Crippen LogP contribution in [0, 0.1) is 17.8 Å². The van der Waals surface area contributed by atoms with Gasteiger partial charge in [-0.3, -0.25) is 4.79 Å². The van der Waals surface area contributed by atoms with E-state index < -0.39 is 17.5 Å². The Hall–Kier alpha value is -1.87. The quantitative estimate of drug-likeness (QED) is 0.515. The summed E-state index contributed by atoms with van der Waals surface area (Å²) in [5.41, 5.74) is -0.165. The number of carbonyl (C=O) groups excluding carboxylic acids is 1. The Morgan fingerprint density at radius 2 is 2.28 bits per heavy atom. The molecule has 18 heavy (non-hydrogen) atoms. The molecule has 1 aromatic heterocycles. The second-order valence-corrected chi connectivity index (χ2v) is 4.53. The van der Waals surface area contributed by atoms with Crippen LogP contribution in [0.2, 0.25) is 0 Å². The number of hydrogen-bond donors (Lipinski definition) is 1. The number of nitrogens with zero attached hydrogens (tertiary/aromatic N) is 1. The van der Waals surface area contributed by atoms with Crippen molar-refractivity contribution in [3.63, 3.8) is 0 Å². The number of carbonyl (C=O) groups is 2. The summed E-state index contributed by atoms with van der Waals surface area (Å²) in [4.78, 5) is 24.6. The van der Waals surface area contributed by atoms with Gasteiger partial charge in [-0.2, -0.15) is 4.39 Å². The minimum Gasteiger partial charge on any atom is -0.478 e. The SMILES string of the molecule is CC(=O)SCCC#Cc1cnc(F)c(C(=O)O)c1. The molecule has 94 valence electrons. The fraction of sp³-hybridized carbons (Fsp3) is 0.250. The largest absolute Gasteiger partial charge is 0.478 e. The summed E-state index contributed by atoms with van der Waals surface area (Å²) < 4.78 is 13.0. The van der Waals surface area contributed by atoms with Crippen LogP contribution >= 0.6 is 11.8 Å². The van der Waals surface area contributed by atoms with E-state index in [-0.39, 0.29) is 5.12 Å². The zero-order chi connectivity index (χ0) is 13.5. The number of rotatable bonds is 3. The van der Waals surface area contributed by atoms with E-state index in [1.54, 1.807) is 0 Å². The van der Waals surface area contributed by atoms with E-state index in [0.29, 0.717) is 17.7 Å². The summed E-state index contributed by atoms with van der Waals surface area (Å²) in [7, 11) is 0. The predicted octanol–water partition coefficient (Wildman–Crippen LogP) is 1.94. The zero-order valence-corrected chi connectivity index (χ0v) is 10.4. The number of halogens is 1. The molecule has 6 heteroatoms. The van der Waals surface area contributed by atoms with Crippen molar-refractivity contribution >= 4 is 22.8 Å². The number of aromatic carboxylic acids is 1. The Labute approximate surface area is 108 Å². The van der Waals surface area contributed by atoms with E-state index in [2.05, 4.69) is 16.8 Å². The van der Waals surface area contributed by atoms with Crippen molar-refractivity contribution in [1.82, 2.24) is 4.98 Å². The zero-order valence-electron chi connectivity index (χ0n) is 9.57. The smallest absolute Gasteiger partial charge is 0.340 e. The first-order valence-corrected chi connectivity index (χ1v) is 6.00. The first kappa shape index (κ1) is 14.2. The lowest BCUT2D eigenvalue weighted by Crippen LogP contribution is -2.03. The number of hydrogen-bond acceptors (Lipinski definition) is 4. The molecule has 0 aliphatic heterocycles. The van der Waals surface area contributed by atoms with Gasteiger partial charge in [0.2, 0.25) is 5.95 Å². The second kappa shape index (κ2) is 6.77. The van der Waals surface area contributed by atoms with Crippen LogP contribution in [0.15, 0.2) is 12.3 Å². The molecule has 0 atom stereocenters. The van der Waals surface area contributed by atoms with Crippen LogP contribution in [-0.2, 0) is 4.79 Å². The average Bonchev–Trinajstić information content (AvgIpc) is 2.30. The molecular weight excluding hydrogens is 257 g/mol. The molecule has 0 aromatic carbocycles. The van der Waals surface area contributed by atoms with Crippen LogP contribution in [0.3, 0.4) is 0 Å². The molecule has 0 aliphatic carbocycles. The van der Waals surface area contributed by atoms with Crippen LogP contribution in [0.1, 0.15) is 29.3 Å². The van der Waals surface area contributed by atoms with Crippen molar-refractivity contribution < 1.29 is 19.1 Å². The van der Waals surface area contributed by atoms with Crippen LogP contribution in [0.25, 0.3) is 0 Å². The lowest BCUT2D eigenvalue weighted by molar-refractivity contribution is -0.109. The minimum atomic E-state index is -1.38. The summed E-state index contributed by atoms with van der Waals surface area (Å²) in [6.45, 7) is 1.47. The number of thioether (sulfide) groups is 1. The number of carboxylic acid groups (broad SMARTS) is 1. The van der Waals surface area contributed by atoms with Gasteiger partial charge in [-0.15, -0.1) is 0 Å². The molecular formula is C12H10FNO3S. The average molecular weight is 267 g/mol. The predicted molar refractivity (Wildman–Crippen MR) is 65.8 cm³/mol. The highest BCUT2D eigenvalue weighted by atomic mass is 32.2. The van der Waals surface area contributed by atoms with Gasteiger partial charge < -0.3 is 5.11 Å². The van der Waals surface area contributed by atoms with Gasteiger partial charge in [0.25, 0.3) is 0 Å². The molecule has 4 nitrogen and oxygen atoms in total. The lowest BCUT2D eigenvalue weighted by atomic mass is 10.2. The standard InChI is InChI=1S/C12H10FNO3S/c1-8(15)18-5-3-2-4-9-6-10(12(16)17)11(13)14-7-9/h6-7H,3,5H2,1H3,(H,16,17). The van der Waals surface area contributed by atoms with Gasteiger partial charge in [0.15, 0.2) is 5.12 Å². The normalized spacial score (nSPS) is 9.44. The molecule has 0 bridgehead atoms. The number of carboxylic acids is 1. The highest BCUT2D eigenvalue weighted by Gasteiger charge is 2.11. The summed E-state index contributed by atoms with van der Waals surface area (Å²) in [6, 6.07) is 1.13. The third kappa shape index (κ3) is 4.55. The monoisotopic (exact) mass is 267 g/mol. The van der Waals surface area contributed by atoms with E-state index >= 15 is 0 Å². The Morgan fingerprint density at radius 3 is 2.89 bits per heavy atom. The van der Waals surface area contributed by atoms with Gasteiger partial charge in [0.05, 0.1) is 0 Å².